The predicted octanol–water partition coefficient (Wildman–Crippen LogP) is 11.9. The van der Waals surface area contributed by atoms with Gasteiger partial charge in [0.2, 0.25) is 0 Å². The van der Waals surface area contributed by atoms with Crippen molar-refractivity contribution in [2.45, 2.75) is 0 Å². The Morgan fingerprint density at radius 1 is 0.327 bits per heavy atom. The normalized spacial score (nSPS) is 11.7. The fourth-order valence-corrected chi connectivity index (χ4v) is 7.07. The van der Waals surface area contributed by atoms with Crippen molar-refractivity contribution >= 4 is 54.3 Å². The third-order valence-corrected chi connectivity index (χ3v) is 9.48. The molecule has 49 heavy (non-hydrogen) atoms. The Morgan fingerprint density at radius 3 is 1.69 bits per heavy atom. The highest BCUT2D eigenvalue weighted by Gasteiger charge is 2.16. The predicted molar refractivity (Wildman–Crippen MR) is 201 cm³/mol. The molecule has 8 aromatic carbocycles. The summed E-state index contributed by atoms with van der Waals surface area (Å²) in [5, 5.41) is 9.29. The summed E-state index contributed by atoms with van der Waals surface area (Å²) in [5.41, 5.74) is 6.73. The van der Waals surface area contributed by atoms with E-state index in [1.165, 1.54) is 26.9 Å². The van der Waals surface area contributed by atoms with Crippen molar-refractivity contribution in [2.24, 2.45) is 0 Å². The number of para-hydroxylation sites is 1. The molecule has 2 heterocycles. The summed E-state index contributed by atoms with van der Waals surface area (Å²) in [6, 6.07) is 57.0. The number of benzene rings is 8. The molecule has 0 radical (unpaired) electrons. The van der Waals surface area contributed by atoms with Crippen molar-refractivity contribution in [3.63, 3.8) is 0 Å². The fraction of sp³-hybridized carbons (Fsp3) is 0. The maximum Gasteiger partial charge on any atom is 0.164 e. The topological polar surface area (TPSA) is 51.8 Å². The van der Waals surface area contributed by atoms with Crippen LogP contribution in [0.4, 0.5) is 0 Å². The second-order valence-corrected chi connectivity index (χ2v) is 12.4. The minimum Gasteiger partial charge on any atom is -0.456 e. The van der Waals surface area contributed by atoms with Gasteiger partial charge in [-0.25, -0.2) is 15.0 Å². The van der Waals surface area contributed by atoms with Crippen LogP contribution in [-0.2, 0) is 0 Å². The Morgan fingerprint density at radius 2 is 0.878 bits per heavy atom. The largest absolute Gasteiger partial charge is 0.456 e. The number of furan rings is 1. The summed E-state index contributed by atoms with van der Waals surface area (Å²) in [6.45, 7) is 0. The molecule has 2 aromatic heterocycles. The van der Waals surface area contributed by atoms with Gasteiger partial charge >= 0.3 is 0 Å². The second-order valence-electron chi connectivity index (χ2n) is 12.4. The first-order valence-corrected chi connectivity index (χ1v) is 16.4. The molecular formula is C45H27N3O. The van der Waals surface area contributed by atoms with Gasteiger partial charge in [0.05, 0.1) is 0 Å². The van der Waals surface area contributed by atoms with Gasteiger partial charge in [-0.15, -0.1) is 0 Å². The maximum atomic E-state index is 6.21. The summed E-state index contributed by atoms with van der Waals surface area (Å²) in [4.78, 5) is 15.4. The molecule has 0 unspecified atom stereocenters. The SMILES string of the molecule is c1cc(-c2nc(-c3ccc4ccccc4c3)nc(-c3ccc4ccc5ccccc5c4c3)n2)cc(-c2cccc3oc4ccccc4c23)c1. The molecule has 0 spiro atoms. The van der Waals surface area contributed by atoms with Crippen LogP contribution in [0.5, 0.6) is 0 Å². The molecule has 0 N–H and O–H groups in total. The van der Waals surface area contributed by atoms with Gasteiger partial charge in [0.25, 0.3) is 0 Å². The highest BCUT2D eigenvalue weighted by atomic mass is 16.3. The van der Waals surface area contributed by atoms with Gasteiger partial charge < -0.3 is 4.42 Å². The molecule has 0 bridgehead atoms. The van der Waals surface area contributed by atoms with E-state index in [0.29, 0.717) is 17.5 Å². The first-order chi connectivity index (χ1) is 24.2. The molecule has 0 saturated carbocycles. The van der Waals surface area contributed by atoms with E-state index in [2.05, 4.69) is 146 Å². The number of rotatable bonds is 4. The highest BCUT2D eigenvalue weighted by Crippen LogP contribution is 2.38. The van der Waals surface area contributed by atoms with E-state index in [4.69, 9.17) is 19.4 Å². The first-order valence-electron chi connectivity index (χ1n) is 16.4. The molecule has 0 atom stereocenters. The Kier molecular flexibility index (Phi) is 6.15. The minimum absolute atomic E-state index is 0.622. The lowest BCUT2D eigenvalue weighted by Crippen LogP contribution is -2.00. The zero-order valence-corrected chi connectivity index (χ0v) is 26.3. The van der Waals surface area contributed by atoms with Gasteiger partial charge in [-0.1, -0.05) is 133 Å². The molecule has 10 aromatic rings. The van der Waals surface area contributed by atoms with Crippen LogP contribution in [0.25, 0.3) is 99.5 Å². The van der Waals surface area contributed by atoms with Crippen molar-refractivity contribution in [2.75, 3.05) is 0 Å². The van der Waals surface area contributed by atoms with Crippen molar-refractivity contribution in [1.29, 1.82) is 0 Å². The van der Waals surface area contributed by atoms with Crippen LogP contribution in [0, 0.1) is 0 Å². The van der Waals surface area contributed by atoms with Gasteiger partial charge in [-0.3, -0.25) is 0 Å². The number of nitrogens with zero attached hydrogens (tertiary/aromatic N) is 3. The fourth-order valence-electron chi connectivity index (χ4n) is 7.07. The Balaban J connectivity index is 1.18. The lowest BCUT2D eigenvalue weighted by Gasteiger charge is -2.11. The molecule has 228 valence electrons. The number of hydrogen-bond donors (Lipinski definition) is 0. The van der Waals surface area contributed by atoms with Gasteiger partial charge in [0.1, 0.15) is 11.2 Å². The molecular weight excluding hydrogens is 599 g/mol. The number of hydrogen-bond acceptors (Lipinski definition) is 4. The minimum atomic E-state index is 0.622. The molecule has 0 aliphatic carbocycles. The van der Waals surface area contributed by atoms with E-state index in [9.17, 15) is 0 Å². The Bertz CT molecular complexity index is 2900. The molecule has 4 nitrogen and oxygen atoms in total. The van der Waals surface area contributed by atoms with E-state index >= 15 is 0 Å². The Hall–Kier alpha value is -6.65. The second kappa shape index (κ2) is 11.0. The lowest BCUT2D eigenvalue weighted by molar-refractivity contribution is 0.669. The number of fused-ring (bicyclic) bond motifs is 7. The van der Waals surface area contributed by atoms with E-state index in [1.807, 2.05) is 18.2 Å². The zero-order chi connectivity index (χ0) is 32.3. The molecule has 4 heteroatoms. The van der Waals surface area contributed by atoms with Gasteiger partial charge in [0.15, 0.2) is 17.5 Å². The summed E-state index contributed by atoms with van der Waals surface area (Å²) in [5.74, 6) is 1.89. The summed E-state index contributed by atoms with van der Waals surface area (Å²) in [7, 11) is 0. The molecule has 0 fully saturated rings. The Labute approximate surface area is 282 Å². The van der Waals surface area contributed by atoms with E-state index in [1.54, 1.807) is 0 Å². The third-order valence-electron chi connectivity index (χ3n) is 9.48. The highest BCUT2D eigenvalue weighted by molar-refractivity contribution is 6.12. The van der Waals surface area contributed by atoms with Crippen LogP contribution >= 0.6 is 0 Å². The monoisotopic (exact) mass is 625 g/mol. The number of aromatic nitrogens is 3. The summed E-state index contributed by atoms with van der Waals surface area (Å²) >= 11 is 0. The van der Waals surface area contributed by atoms with Crippen LogP contribution in [0.1, 0.15) is 0 Å². The quantitative estimate of drug-likeness (QED) is 0.183. The van der Waals surface area contributed by atoms with Crippen LogP contribution in [0.2, 0.25) is 0 Å². The smallest absolute Gasteiger partial charge is 0.164 e. The summed E-state index contributed by atoms with van der Waals surface area (Å²) in [6.07, 6.45) is 0. The summed E-state index contributed by atoms with van der Waals surface area (Å²) < 4.78 is 6.21. The van der Waals surface area contributed by atoms with Crippen molar-refractivity contribution in [3.8, 4) is 45.3 Å². The van der Waals surface area contributed by atoms with Crippen LogP contribution in [0.3, 0.4) is 0 Å². The van der Waals surface area contributed by atoms with Crippen molar-refractivity contribution in [1.82, 2.24) is 15.0 Å². The first kappa shape index (κ1) is 27.5. The van der Waals surface area contributed by atoms with Gasteiger partial charge in [-0.2, -0.15) is 0 Å². The molecule has 0 aliphatic heterocycles. The standard InChI is InChI=1S/C45H27N3O/c1-2-11-31-25-34(23-19-28(31)9-1)44-46-43(47-45(48-44)35-24-22-30-21-20-29-10-3-4-14-36(29)39(30)27-35)33-13-7-12-32(26-33)37-16-8-18-41-42(37)38-15-5-6-17-40(38)49-41/h1-27H. The van der Waals surface area contributed by atoms with Gasteiger partial charge in [-0.05, 0) is 73.8 Å². The average Bonchev–Trinajstić information content (AvgIpc) is 3.56. The average molecular weight is 626 g/mol. The lowest BCUT2D eigenvalue weighted by atomic mass is 9.97. The van der Waals surface area contributed by atoms with Crippen molar-refractivity contribution < 1.29 is 4.42 Å². The van der Waals surface area contributed by atoms with Crippen LogP contribution in [-0.4, -0.2) is 15.0 Å². The van der Waals surface area contributed by atoms with E-state index in [-0.39, 0.29) is 0 Å². The van der Waals surface area contributed by atoms with E-state index in [0.717, 1.165) is 55.1 Å². The maximum absolute atomic E-state index is 6.21. The van der Waals surface area contributed by atoms with Crippen molar-refractivity contribution in [3.05, 3.63) is 164 Å². The van der Waals surface area contributed by atoms with E-state index < -0.39 is 0 Å². The molecule has 10 rings (SSSR count). The molecule has 0 aliphatic rings. The molecule has 0 saturated heterocycles. The third kappa shape index (κ3) is 4.65. The van der Waals surface area contributed by atoms with Gasteiger partial charge in [0, 0.05) is 27.5 Å². The van der Waals surface area contributed by atoms with Crippen LogP contribution < -0.4 is 0 Å². The molecule has 0 amide bonds. The van der Waals surface area contributed by atoms with Crippen LogP contribution in [0.15, 0.2) is 168 Å². The zero-order valence-electron chi connectivity index (χ0n) is 26.3.